The van der Waals surface area contributed by atoms with Gasteiger partial charge in [-0.15, -0.1) is 0 Å². The number of anilines is 1. The molecule has 0 unspecified atom stereocenters. The largest absolute Gasteiger partial charge is 0.481 e. The lowest BCUT2D eigenvalue weighted by Gasteiger charge is -2.06. The number of ether oxygens (including phenoxy) is 1. The number of hydrogen-bond acceptors (Lipinski definition) is 6. The summed E-state index contributed by atoms with van der Waals surface area (Å²) in [5.74, 6) is -0.237. The number of aromatic nitrogens is 2. The molecular formula is C13H11ClN4O3. The van der Waals surface area contributed by atoms with E-state index in [1.165, 1.54) is 18.6 Å². The molecule has 0 bridgehead atoms. The van der Waals surface area contributed by atoms with E-state index in [2.05, 4.69) is 20.5 Å². The van der Waals surface area contributed by atoms with Crippen LogP contribution in [0.15, 0.2) is 41.8 Å². The monoisotopic (exact) mass is 306 g/mol. The van der Waals surface area contributed by atoms with Crippen LogP contribution >= 0.6 is 11.6 Å². The van der Waals surface area contributed by atoms with E-state index in [-0.39, 0.29) is 5.15 Å². The molecule has 0 fully saturated rings. The van der Waals surface area contributed by atoms with Crippen LogP contribution in [-0.2, 0) is 4.79 Å². The van der Waals surface area contributed by atoms with E-state index >= 15 is 0 Å². The third-order valence-corrected chi connectivity index (χ3v) is 2.44. The molecule has 108 valence electrons. The van der Waals surface area contributed by atoms with Crippen LogP contribution in [0.5, 0.6) is 5.75 Å². The Balaban J connectivity index is 2.05. The number of para-hydroxylation sites is 1. The van der Waals surface area contributed by atoms with Gasteiger partial charge in [0.25, 0.3) is 0 Å². The summed E-state index contributed by atoms with van der Waals surface area (Å²) in [6, 6.07) is 6.92. The predicted molar refractivity (Wildman–Crippen MR) is 77.8 cm³/mol. The smallest absolute Gasteiger partial charge is 0.341 e. The van der Waals surface area contributed by atoms with Gasteiger partial charge in [-0.2, -0.15) is 5.10 Å². The van der Waals surface area contributed by atoms with E-state index in [0.29, 0.717) is 17.1 Å². The van der Waals surface area contributed by atoms with Gasteiger partial charge in [-0.05, 0) is 12.1 Å². The summed E-state index contributed by atoms with van der Waals surface area (Å²) in [7, 11) is 0. The van der Waals surface area contributed by atoms with Crippen LogP contribution in [0.4, 0.5) is 5.82 Å². The van der Waals surface area contributed by atoms with Crippen molar-refractivity contribution in [2.75, 3.05) is 12.0 Å². The number of benzene rings is 1. The number of nitrogens with one attached hydrogen (secondary N) is 1. The number of aliphatic carboxylic acids is 1. The summed E-state index contributed by atoms with van der Waals surface area (Å²) < 4.78 is 5.15. The molecule has 1 aromatic carbocycles. The zero-order valence-electron chi connectivity index (χ0n) is 10.7. The van der Waals surface area contributed by atoms with Crippen molar-refractivity contribution >= 4 is 29.6 Å². The van der Waals surface area contributed by atoms with Gasteiger partial charge < -0.3 is 9.84 Å². The van der Waals surface area contributed by atoms with Crippen molar-refractivity contribution in [3.05, 3.63) is 47.4 Å². The minimum atomic E-state index is -1.05. The fraction of sp³-hybridized carbons (Fsp3) is 0.0769. The summed E-state index contributed by atoms with van der Waals surface area (Å²) in [6.45, 7) is -0.419. The molecule has 0 aliphatic heterocycles. The maximum atomic E-state index is 10.5. The van der Waals surface area contributed by atoms with Crippen LogP contribution in [0, 0.1) is 0 Å². The Morgan fingerprint density at radius 2 is 2.24 bits per heavy atom. The molecule has 21 heavy (non-hydrogen) atoms. The highest BCUT2D eigenvalue weighted by atomic mass is 35.5. The summed E-state index contributed by atoms with van der Waals surface area (Å²) in [6.07, 6.45) is 4.36. The molecule has 2 rings (SSSR count). The second kappa shape index (κ2) is 7.20. The van der Waals surface area contributed by atoms with E-state index in [1.54, 1.807) is 24.3 Å². The number of hydrazone groups is 1. The van der Waals surface area contributed by atoms with Gasteiger partial charge in [0.15, 0.2) is 12.4 Å². The van der Waals surface area contributed by atoms with Crippen LogP contribution in [0.25, 0.3) is 0 Å². The van der Waals surface area contributed by atoms with Gasteiger partial charge in [0.05, 0.1) is 18.6 Å². The van der Waals surface area contributed by atoms with Crippen LogP contribution < -0.4 is 10.2 Å². The second-order valence-electron chi connectivity index (χ2n) is 3.82. The normalized spacial score (nSPS) is 10.5. The number of hydrogen-bond donors (Lipinski definition) is 2. The van der Waals surface area contributed by atoms with Crippen molar-refractivity contribution in [3.8, 4) is 5.75 Å². The van der Waals surface area contributed by atoms with Crippen LogP contribution in [0.3, 0.4) is 0 Å². The summed E-state index contributed by atoms with van der Waals surface area (Å²) in [5, 5.41) is 12.8. The van der Waals surface area contributed by atoms with Gasteiger partial charge in [0.2, 0.25) is 0 Å². The van der Waals surface area contributed by atoms with Gasteiger partial charge in [-0.25, -0.2) is 9.78 Å². The molecule has 8 heteroatoms. The molecule has 0 spiro atoms. The lowest BCUT2D eigenvalue weighted by molar-refractivity contribution is -0.139. The number of rotatable bonds is 6. The van der Waals surface area contributed by atoms with Crippen LogP contribution in [0.2, 0.25) is 5.15 Å². The molecule has 1 aromatic heterocycles. The molecule has 1 heterocycles. The van der Waals surface area contributed by atoms with Crippen molar-refractivity contribution in [3.63, 3.8) is 0 Å². The molecule has 0 atom stereocenters. The number of carboxylic acid groups (broad SMARTS) is 1. The topological polar surface area (TPSA) is 96.7 Å². The molecule has 0 aliphatic carbocycles. The Morgan fingerprint density at radius 3 is 3.00 bits per heavy atom. The number of nitrogens with zero attached hydrogens (tertiary/aromatic N) is 3. The average Bonchev–Trinajstić information content (AvgIpc) is 2.46. The molecule has 7 nitrogen and oxygen atoms in total. The Labute approximate surface area is 125 Å². The van der Waals surface area contributed by atoms with E-state index in [1.807, 2.05) is 0 Å². The van der Waals surface area contributed by atoms with Gasteiger partial charge in [-0.1, -0.05) is 23.7 Å². The first-order valence-corrected chi connectivity index (χ1v) is 6.23. The SMILES string of the molecule is O=C(O)COc1ccccc1C=NNc1cncc(Cl)n1. The van der Waals surface area contributed by atoms with Crippen molar-refractivity contribution in [2.45, 2.75) is 0 Å². The third-order valence-electron chi connectivity index (χ3n) is 2.26. The summed E-state index contributed by atoms with van der Waals surface area (Å²) >= 11 is 5.70. The third kappa shape index (κ3) is 4.73. The molecule has 0 amide bonds. The van der Waals surface area contributed by atoms with E-state index < -0.39 is 12.6 Å². The van der Waals surface area contributed by atoms with Crippen LogP contribution in [-0.4, -0.2) is 33.9 Å². The number of carboxylic acids is 1. The number of halogens is 1. The fourth-order valence-electron chi connectivity index (χ4n) is 1.42. The molecule has 0 saturated carbocycles. The highest BCUT2D eigenvalue weighted by molar-refractivity contribution is 6.29. The molecule has 0 aliphatic rings. The highest BCUT2D eigenvalue weighted by Crippen LogP contribution is 2.16. The molecule has 0 radical (unpaired) electrons. The molecule has 2 aromatic rings. The van der Waals surface area contributed by atoms with Gasteiger partial charge in [0, 0.05) is 5.56 Å². The zero-order valence-corrected chi connectivity index (χ0v) is 11.5. The van der Waals surface area contributed by atoms with E-state index in [0.717, 1.165) is 0 Å². The maximum absolute atomic E-state index is 10.5. The molecular weight excluding hydrogens is 296 g/mol. The second-order valence-corrected chi connectivity index (χ2v) is 4.20. The Morgan fingerprint density at radius 1 is 1.43 bits per heavy atom. The first kappa shape index (κ1) is 14.7. The fourth-order valence-corrected chi connectivity index (χ4v) is 1.57. The standard InChI is InChI=1S/C13H11ClN4O3/c14-11-6-15-7-12(17-11)18-16-5-9-3-1-2-4-10(9)21-8-13(19)20/h1-7H,8H2,(H,17,18)(H,19,20). The van der Waals surface area contributed by atoms with Gasteiger partial charge in [-0.3, -0.25) is 10.4 Å². The minimum absolute atomic E-state index is 0.250. The zero-order chi connectivity index (χ0) is 15.1. The first-order chi connectivity index (χ1) is 10.1. The van der Waals surface area contributed by atoms with E-state index in [9.17, 15) is 4.79 Å². The molecule has 2 N–H and O–H groups in total. The summed E-state index contributed by atoms with van der Waals surface area (Å²) in [5.41, 5.74) is 3.29. The Hall–Kier alpha value is -2.67. The van der Waals surface area contributed by atoms with Crippen LogP contribution in [0.1, 0.15) is 5.56 Å². The minimum Gasteiger partial charge on any atom is -0.481 e. The maximum Gasteiger partial charge on any atom is 0.341 e. The molecule has 0 saturated heterocycles. The van der Waals surface area contributed by atoms with Crippen molar-refractivity contribution in [1.82, 2.24) is 9.97 Å². The van der Waals surface area contributed by atoms with Gasteiger partial charge in [0.1, 0.15) is 10.9 Å². The van der Waals surface area contributed by atoms with Gasteiger partial charge >= 0.3 is 5.97 Å². The lowest BCUT2D eigenvalue weighted by Crippen LogP contribution is -2.10. The number of carbonyl (C=O) groups is 1. The Kier molecular flexibility index (Phi) is 5.05. The average molecular weight is 307 g/mol. The van der Waals surface area contributed by atoms with Crippen molar-refractivity contribution < 1.29 is 14.6 Å². The quantitative estimate of drug-likeness (QED) is 0.626. The van der Waals surface area contributed by atoms with E-state index in [4.69, 9.17) is 21.4 Å². The Bertz CT molecular complexity index is 663. The highest BCUT2D eigenvalue weighted by Gasteiger charge is 2.03. The predicted octanol–water partition coefficient (Wildman–Crippen LogP) is 2.04. The first-order valence-electron chi connectivity index (χ1n) is 5.85. The van der Waals surface area contributed by atoms with Crippen molar-refractivity contribution in [1.29, 1.82) is 0 Å². The summed E-state index contributed by atoms with van der Waals surface area (Å²) in [4.78, 5) is 18.3. The lowest BCUT2D eigenvalue weighted by atomic mass is 10.2. The van der Waals surface area contributed by atoms with Crippen molar-refractivity contribution in [2.24, 2.45) is 5.10 Å².